The molecule has 3 aromatic rings. The average molecular weight is 606 g/mol. The van der Waals surface area contributed by atoms with Crippen molar-refractivity contribution in [1.82, 2.24) is 9.97 Å². The van der Waals surface area contributed by atoms with Gasteiger partial charge in [-0.15, -0.1) is 11.3 Å². The number of carboxylic acids is 1. The lowest BCUT2D eigenvalue weighted by molar-refractivity contribution is -0.137. The van der Waals surface area contributed by atoms with E-state index in [-0.39, 0.29) is 23.2 Å². The van der Waals surface area contributed by atoms with E-state index in [0.29, 0.717) is 26.2 Å². The van der Waals surface area contributed by atoms with Crippen molar-refractivity contribution in [2.45, 2.75) is 95.3 Å². The smallest absolute Gasteiger partial charge is 0.303 e. The SMILES string of the molecule is COCC1(c2cc(C(CC(=O)O)Cc3csc(CCCc4ccc5c(n4)NCCC5)n3)cc(C(C)(C)C)c2)CCOCC1. The fourth-order valence-corrected chi connectivity index (χ4v) is 7.29. The molecule has 2 N–H and O–H groups in total. The van der Waals surface area contributed by atoms with Gasteiger partial charge in [-0.1, -0.05) is 45.0 Å². The number of nitrogens with zero attached hydrogens (tertiary/aromatic N) is 2. The van der Waals surface area contributed by atoms with Crippen LogP contribution in [0.2, 0.25) is 0 Å². The minimum atomic E-state index is -0.784. The quantitative estimate of drug-likeness (QED) is 0.233. The Labute approximate surface area is 260 Å². The molecule has 0 radical (unpaired) electrons. The van der Waals surface area contributed by atoms with Crippen molar-refractivity contribution in [1.29, 1.82) is 0 Å². The zero-order chi connectivity index (χ0) is 30.5. The van der Waals surface area contributed by atoms with Crippen molar-refractivity contribution in [3.63, 3.8) is 0 Å². The number of methoxy groups -OCH3 is 1. The van der Waals surface area contributed by atoms with Crippen LogP contribution in [-0.4, -0.2) is 54.5 Å². The van der Waals surface area contributed by atoms with E-state index in [4.69, 9.17) is 19.4 Å². The van der Waals surface area contributed by atoms with Crippen molar-refractivity contribution in [3.8, 4) is 0 Å². The summed E-state index contributed by atoms with van der Waals surface area (Å²) in [4.78, 5) is 21.9. The molecular weight excluding hydrogens is 558 g/mol. The number of aryl methyl sites for hydroxylation is 3. The molecule has 2 aliphatic rings. The van der Waals surface area contributed by atoms with E-state index in [1.54, 1.807) is 18.4 Å². The highest BCUT2D eigenvalue weighted by molar-refractivity contribution is 7.09. The monoisotopic (exact) mass is 605 g/mol. The number of hydrogen-bond acceptors (Lipinski definition) is 7. The number of pyridine rings is 1. The van der Waals surface area contributed by atoms with Crippen LogP contribution in [0, 0.1) is 0 Å². The highest BCUT2D eigenvalue weighted by Gasteiger charge is 2.36. The summed E-state index contributed by atoms with van der Waals surface area (Å²) in [6.45, 7) is 9.70. The summed E-state index contributed by atoms with van der Waals surface area (Å²) in [7, 11) is 1.76. The lowest BCUT2D eigenvalue weighted by Gasteiger charge is -2.38. The van der Waals surface area contributed by atoms with Gasteiger partial charge in [-0.3, -0.25) is 4.79 Å². The Bertz CT molecular complexity index is 1380. The van der Waals surface area contributed by atoms with E-state index < -0.39 is 5.97 Å². The molecule has 4 heterocycles. The molecule has 1 fully saturated rings. The second-order valence-electron chi connectivity index (χ2n) is 13.3. The minimum absolute atomic E-state index is 0.0678. The summed E-state index contributed by atoms with van der Waals surface area (Å²) in [5.41, 5.74) is 6.75. The summed E-state index contributed by atoms with van der Waals surface area (Å²) in [5.74, 6) is 0.0985. The lowest BCUT2D eigenvalue weighted by atomic mass is 9.71. The van der Waals surface area contributed by atoms with Gasteiger partial charge >= 0.3 is 5.97 Å². The molecule has 2 aliphatic heterocycles. The molecule has 1 aromatic carbocycles. The van der Waals surface area contributed by atoms with Crippen molar-refractivity contribution in [2.24, 2.45) is 0 Å². The molecule has 8 heteroatoms. The molecule has 1 saturated heterocycles. The molecule has 7 nitrogen and oxygen atoms in total. The van der Waals surface area contributed by atoms with E-state index >= 15 is 0 Å². The van der Waals surface area contributed by atoms with E-state index in [0.717, 1.165) is 72.8 Å². The Hall–Kier alpha value is -2.81. The molecule has 0 amide bonds. The van der Waals surface area contributed by atoms with E-state index in [1.165, 1.54) is 23.1 Å². The summed E-state index contributed by atoms with van der Waals surface area (Å²) < 4.78 is 11.5. The predicted molar refractivity (Wildman–Crippen MR) is 173 cm³/mol. The number of rotatable bonds is 12. The first-order chi connectivity index (χ1) is 20.6. The van der Waals surface area contributed by atoms with Crippen LogP contribution in [0.4, 0.5) is 5.82 Å². The number of nitrogens with one attached hydrogen (secondary N) is 1. The van der Waals surface area contributed by atoms with E-state index in [1.807, 2.05) is 0 Å². The van der Waals surface area contributed by atoms with Crippen LogP contribution >= 0.6 is 11.3 Å². The maximum Gasteiger partial charge on any atom is 0.303 e. The van der Waals surface area contributed by atoms with Crippen LogP contribution in [0.3, 0.4) is 0 Å². The molecular formula is C35H47N3O4S. The van der Waals surface area contributed by atoms with Gasteiger partial charge in [0.25, 0.3) is 0 Å². The van der Waals surface area contributed by atoms with Gasteiger partial charge in [-0.25, -0.2) is 9.97 Å². The fourth-order valence-electron chi connectivity index (χ4n) is 6.44. The Morgan fingerprint density at radius 3 is 2.70 bits per heavy atom. The minimum Gasteiger partial charge on any atom is -0.481 e. The van der Waals surface area contributed by atoms with Gasteiger partial charge in [-0.2, -0.15) is 0 Å². The third kappa shape index (κ3) is 8.02. The highest BCUT2D eigenvalue weighted by Crippen LogP contribution is 2.40. The molecule has 232 valence electrons. The average Bonchev–Trinajstić information content (AvgIpc) is 3.43. The Morgan fingerprint density at radius 2 is 1.95 bits per heavy atom. The largest absolute Gasteiger partial charge is 0.481 e. The van der Waals surface area contributed by atoms with Gasteiger partial charge < -0.3 is 19.9 Å². The maximum absolute atomic E-state index is 12.1. The second kappa shape index (κ2) is 13.9. The number of ether oxygens (including phenoxy) is 2. The third-order valence-electron chi connectivity index (χ3n) is 9.03. The molecule has 0 saturated carbocycles. The normalized spacial score (nSPS) is 17.2. The first-order valence-corrected chi connectivity index (χ1v) is 16.6. The van der Waals surface area contributed by atoms with Crippen LogP contribution in [0.5, 0.6) is 0 Å². The van der Waals surface area contributed by atoms with Gasteiger partial charge in [0.2, 0.25) is 0 Å². The highest BCUT2D eigenvalue weighted by atomic mass is 32.1. The first kappa shape index (κ1) is 31.6. The number of fused-ring (bicyclic) bond motifs is 1. The van der Waals surface area contributed by atoms with Gasteiger partial charge in [0.1, 0.15) is 5.82 Å². The van der Waals surface area contributed by atoms with Crippen LogP contribution in [0.1, 0.15) is 97.4 Å². The number of benzene rings is 1. The van der Waals surface area contributed by atoms with Crippen LogP contribution in [0.25, 0.3) is 0 Å². The fraction of sp³-hybridized carbons (Fsp3) is 0.571. The summed E-state index contributed by atoms with van der Waals surface area (Å²) in [5, 5.41) is 16.6. The summed E-state index contributed by atoms with van der Waals surface area (Å²) in [6.07, 6.45) is 7.53. The number of hydrogen-bond donors (Lipinski definition) is 2. The molecule has 0 spiro atoms. The van der Waals surface area contributed by atoms with Gasteiger partial charge in [0.05, 0.1) is 23.7 Å². The Kier molecular flexibility index (Phi) is 10.2. The van der Waals surface area contributed by atoms with E-state index in [9.17, 15) is 9.90 Å². The van der Waals surface area contributed by atoms with Crippen LogP contribution in [0.15, 0.2) is 35.7 Å². The number of thiazole rings is 1. The van der Waals surface area contributed by atoms with Gasteiger partial charge in [-0.05, 0) is 91.0 Å². The molecule has 5 rings (SSSR count). The topological polar surface area (TPSA) is 93.6 Å². The molecule has 43 heavy (non-hydrogen) atoms. The second-order valence-corrected chi connectivity index (χ2v) is 14.3. The van der Waals surface area contributed by atoms with Crippen LogP contribution in [-0.2, 0) is 50.8 Å². The van der Waals surface area contributed by atoms with Crippen molar-refractivity contribution in [3.05, 3.63) is 74.4 Å². The predicted octanol–water partition coefficient (Wildman–Crippen LogP) is 6.86. The van der Waals surface area contributed by atoms with E-state index in [2.05, 4.69) is 61.8 Å². The summed E-state index contributed by atoms with van der Waals surface area (Å²) in [6, 6.07) is 11.2. The zero-order valence-electron chi connectivity index (χ0n) is 26.2. The lowest BCUT2D eigenvalue weighted by Crippen LogP contribution is -2.38. The van der Waals surface area contributed by atoms with Gasteiger partial charge in [0, 0.05) is 43.4 Å². The molecule has 1 unspecified atom stereocenters. The first-order valence-electron chi connectivity index (χ1n) is 15.8. The standard InChI is InChI=1S/C35H47N3O4S/c1-34(2,3)27-17-25(18-28(21-27)35(23-41-4)12-15-42-16-13-35)26(20-32(39)40)19-30-22-43-31(37-30)9-5-8-29-11-10-24-7-6-14-36-33(24)38-29/h10-11,17-18,21-22,26H,5-9,12-16,19-20,23H2,1-4H3,(H,36,38)(H,39,40). The number of aromatic nitrogens is 2. The van der Waals surface area contributed by atoms with Crippen molar-refractivity contribution >= 4 is 23.1 Å². The third-order valence-corrected chi connectivity index (χ3v) is 9.98. The maximum atomic E-state index is 12.1. The Balaban J connectivity index is 1.33. The number of carbonyl (C=O) groups is 1. The number of aliphatic carboxylic acids is 1. The molecule has 0 bridgehead atoms. The van der Waals surface area contributed by atoms with Crippen molar-refractivity contribution in [2.75, 3.05) is 38.8 Å². The van der Waals surface area contributed by atoms with Crippen LogP contribution < -0.4 is 5.32 Å². The van der Waals surface area contributed by atoms with Crippen molar-refractivity contribution < 1.29 is 19.4 Å². The van der Waals surface area contributed by atoms with Gasteiger partial charge in [0.15, 0.2) is 0 Å². The molecule has 2 aromatic heterocycles. The Morgan fingerprint density at radius 1 is 1.14 bits per heavy atom. The zero-order valence-corrected chi connectivity index (χ0v) is 27.0. The molecule has 0 aliphatic carbocycles. The number of anilines is 1. The number of carboxylic acid groups (broad SMARTS) is 1. The summed E-state index contributed by atoms with van der Waals surface area (Å²) >= 11 is 1.68. The molecule has 1 atom stereocenters.